The molecule has 1 aromatic carbocycles. The standard InChI is InChI=1S/C14H19FN2O3/c1-9-5-6-10(15)11(7-9)17-12(18)8-16-13(19)20-14(2,3)4/h5-7H,8H2,1-4H3,(H,16,19)(H,17,18). The van der Waals surface area contributed by atoms with Crippen LogP contribution < -0.4 is 10.6 Å². The van der Waals surface area contributed by atoms with Gasteiger partial charge in [-0.2, -0.15) is 0 Å². The Hall–Kier alpha value is -2.11. The number of anilines is 1. The lowest BCUT2D eigenvalue weighted by atomic mass is 10.2. The second kappa shape index (κ2) is 6.36. The van der Waals surface area contributed by atoms with Gasteiger partial charge in [-0.05, 0) is 45.4 Å². The number of halogens is 1. The molecule has 2 amide bonds. The van der Waals surface area contributed by atoms with E-state index in [-0.39, 0.29) is 12.2 Å². The largest absolute Gasteiger partial charge is 0.444 e. The molecule has 0 heterocycles. The van der Waals surface area contributed by atoms with E-state index in [2.05, 4.69) is 10.6 Å². The molecule has 0 unspecified atom stereocenters. The molecule has 0 atom stereocenters. The van der Waals surface area contributed by atoms with Crippen LogP contribution in [0.25, 0.3) is 0 Å². The van der Waals surface area contributed by atoms with Gasteiger partial charge in [-0.25, -0.2) is 9.18 Å². The predicted molar refractivity (Wildman–Crippen MR) is 74.0 cm³/mol. The third-order valence-corrected chi connectivity index (χ3v) is 2.19. The Morgan fingerprint density at radius 2 is 1.95 bits per heavy atom. The average molecular weight is 282 g/mol. The minimum atomic E-state index is -0.697. The zero-order valence-electron chi connectivity index (χ0n) is 12.0. The van der Waals surface area contributed by atoms with Crippen LogP contribution >= 0.6 is 0 Å². The predicted octanol–water partition coefficient (Wildman–Crippen LogP) is 2.60. The van der Waals surface area contributed by atoms with Crippen molar-refractivity contribution in [1.29, 1.82) is 0 Å². The van der Waals surface area contributed by atoms with Crippen LogP contribution in [-0.4, -0.2) is 24.1 Å². The number of ether oxygens (including phenoxy) is 1. The Morgan fingerprint density at radius 3 is 2.55 bits per heavy atom. The summed E-state index contributed by atoms with van der Waals surface area (Å²) >= 11 is 0. The highest BCUT2D eigenvalue weighted by Crippen LogP contribution is 2.15. The molecule has 0 fully saturated rings. The summed E-state index contributed by atoms with van der Waals surface area (Å²) in [5.41, 5.74) is 0.270. The molecule has 0 aromatic heterocycles. The average Bonchev–Trinajstić information content (AvgIpc) is 2.29. The molecule has 0 aliphatic rings. The van der Waals surface area contributed by atoms with Crippen LogP contribution in [0.3, 0.4) is 0 Å². The fourth-order valence-corrected chi connectivity index (χ4v) is 1.40. The van der Waals surface area contributed by atoms with Crippen molar-refractivity contribution < 1.29 is 18.7 Å². The van der Waals surface area contributed by atoms with Gasteiger partial charge in [-0.3, -0.25) is 4.79 Å². The molecule has 5 nitrogen and oxygen atoms in total. The molecule has 0 aliphatic heterocycles. The zero-order valence-corrected chi connectivity index (χ0v) is 12.0. The lowest BCUT2D eigenvalue weighted by Gasteiger charge is -2.19. The van der Waals surface area contributed by atoms with Crippen molar-refractivity contribution in [1.82, 2.24) is 5.32 Å². The Labute approximate surface area is 117 Å². The molecule has 0 aliphatic carbocycles. The number of hydrogen-bond donors (Lipinski definition) is 2. The zero-order chi connectivity index (χ0) is 15.3. The van der Waals surface area contributed by atoms with Crippen LogP contribution in [-0.2, 0) is 9.53 Å². The monoisotopic (exact) mass is 282 g/mol. The first-order valence-electron chi connectivity index (χ1n) is 6.20. The third kappa shape index (κ3) is 5.69. The molecular weight excluding hydrogens is 263 g/mol. The highest BCUT2D eigenvalue weighted by Gasteiger charge is 2.16. The second-order valence-electron chi connectivity index (χ2n) is 5.39. The van der Waals surface area contributed by atoms with Gasteiger partial charge in [0, 0.05) is 0 Å². The number of rotatable bonds is 3. The summed E-state index contributed by atoms with van der Waals surface area (Å²) in [7, 11) is 0. The van der Waals surface area contributed by atoms with Crippen molar-refractivity contribution in [2.24, 2.45) is 0 Å². The van der Waals surface area contributed by atoms with Gasteiger partial charge in [0.1, 0.15) is 18.0 Å². The van der Waals surface area contributed by atoms with Crippen LogP contribution in [0.15, 0.2) is 18.2 Å². The fourth-order valence-electron chi connectivity index (χ4n) is 1.40. The van der Waals surface area contributed by atoms with Gasteiger partial charge < -0.3 is 15.4 Å². The molecule has 0 bridgehead atoms. The van der Waals surface area contributed by atoms with E-state index in [9.17, 15) is 14.0 Å². The van der Waals surface area contributed by atoms with E-state index in [1.807, 2.05) is 0 Å². The van der Waals surface area contributed by atoms with E-state index in [1.54, 1.807) is 33.8 Å². The normalized spacial score (nSPS) is 10.8. The van der Waals surface area contributed by atoms with E-state index < -0.39 is 23.4 Å². The summed E-state index contributed by atoms with van der Waals surface area (Å²) < 4.78 is 18.4. The van der Waals surface area contributed by atoms with Crippen molar-refractivity contribution in [2.45, 2.75) is 33.3 Å². The lowest BCUT2D eigenvalue weighted by molar-refractivity contribution is -0.115. The molecule has 0 saturated heterocycles. The highest BCUT2D eigenvalue weighted by molar-refractivity contribution is 5.94. The number of carbonyl (C=O) groups is 2. The molecule has 1 rings (SSSR count). The number of nitrogens with one attached hydrogen (secondary N) is 2. The van der Waals surface area contributed by atoms with Crippen LogP contribution in [0, 0.1) is 12.7 Å². The Balaban J connectivity index is 2.48. The van der Waals surface area contributed by atoms with Gasteiger partial charge in [0.15, 0.2) is 0 Å². The first-order chi connectivity index (χ1) is 9.17. The van der Waals surface area contributed by atoms with E-state index >= 15 is 0 Å². The van der Waals surface area contributed by atoms with Gasteiger partial charge in [0.25, 0.3) is 0 Å². The molecule has 0 saturated carbocycles. The van der Waals surface area contributed by atoms with Gasteiger partial charge in [0.05, 0.1) is 5.69 Å². The SMILES string of the molecule is Cc1ccc(F)c(NC(=O)CNC(=O)OC(C)(C)C)c1. The second-order valence-corrected chi connectivity index (χ2v) is 5.39. The van der Waals surface area contributed by atoms with Gasteiger partial charge in [-0.1, -0.05) is 6.07 Å². The molecule has 110 valence electrons. The fraction of sp³-hybridized carbons (Fsp3) is 0.429. The van der Waals surface area contributed by atoms with Crippen molar-refractivity contribution in [3.63, 3.8) is 0 Å². The molecular formula is C14H19FN2O3. The van der Waals surface area contributed by atoms with Crippen molar-refractivity contribution in [3.05, 3.63) is 29.6 Å². The van der Waals surface area contributed by atoms with Crippen molar-refractivity contribution >= 4 is 17.7 Å². The minimum absolute atomic E-state index is 0.0842. The topological polar surface area (TPSA) is 67.4 Å². The number of carbonyl (C=O) groups excluding carboxylic acids is 2. The first kappa shape index (κ1) is 15.9. The third-order valence-electron chi connectivity index (χ3n) is 2.19. The van der Waals surface area contributed by atoms with E-state index in [0.717, 1.165) is 5.56 Å². The van der Waals surface area contributed by atoms with Crippen molar-refractivity contribution in [2.75, 3.05) is 11.9 Å². The van der Waals surface area contributed by atoms with Gasteiger partial charge in [-0.15, -0.1) is 0 Å². The number of amides is 2. The maximum absolute atomic E-state index is 13.4. The van der Waals surface area contributed by atoms with Crippen molar-refractivity contribution in [3.8, 4) is 0 Å². The summed E-state index contributed by atoms with van der Waals surface area (Å²) in [6, 6.07) is 4.39. The van der Waals surface area contributed by atoms with E-state index in [0.29, 0.717) is 0 Å². The van der Waals surface area contributed by atoms with Crippen LogP contribution in [0.2, 0.25) is 0 Å². The smallest absolute Gasteiger partial charge is 0.408 e. The maximum Gasteiger partial charge on any atom is 0.408 e. The molecule has 2 N–H and O–H groups in total. The molecule has 1 aromatic rings. The minimum Gasteiger partial charge on any atom is -0.444 e. The summed E-state index contributed by atoms with van der Waals surface area (Å²) in [4.78, 5) is 22.9. The van der Waals surface area contributed by atoms with E-state index in [4.69, 9.17) is 4.74 Å². The number of benzene rings is 1. The summed E-state index contributed by atoms with van der Waals surface area (Å²) in [6.45, 7) is 6.65. The Bertz CT molecular complexity index is 510. The Kier molecular flexibility index (Phi) is 5.07. The lowest BCUT2D eigenvalue weighted by Crippen LogP contribution is -2.37. The molecule has 6 heteroatoms. The number of alkyl carbamates (subject to hydrolysis) is 1. The van der Waals surface area contributed by atoms with Crippen LogP contribution in [0.4, 0.5) is 14.9 Å². The highest BCUT2D eigenvalue weighted by atomic mass is 19.1. The van der Waals surface area contributed by atoms with Gasteiger partial charge in [0.2, 0.25) is 5.91 Å². The van der Waals surface area contributed by atoms with Crippen LogP contribution in [0.5, 0.6) is 0 Å². The summed E-state index contributed by atoms with van der Waals surface area (Å²) in [5, 5.41) is 4.68. The number of hydrogen-bond acceptors (Lipinski definition) is 3. The first-order valence-corrected chi connectivity index (χ1v) is 6.20. The molecule has 0 radical (unpaired) electrons. The van der Waals surface area contributed by atoms with E-state index in [1.165, 1.54) is 12.1 Å². The summed E-state index contributed by atoms with van der Waals surface area (Å²) in [6.07, 6.45) is -0.697. The maximum atomic E-state index is 13.4. The van der Waals surface area contributed by atoms with Gasteiger partial charge >= 0.3 is 6.09 Å². The summed E-state index contributed by atoms with van der Waals surface area (Å²) in [5.74, 6) is -1.05. The Morgan fingerprint density at radius 1 is 1.30 bits per heavy atom. The molecule has 0 spiro atoms. The molecule has 20 heavy (non-hydrogen) atoms. The quantitative estimate of drug-likeness (QED) is 0.895. The number of aryl methyl sites for hydroxylation is 1. The van der Waals surface area contributed by atoms with Crippen LogP contribution in [0.1, 0.15) is 26.3 Å².